The predicted octanol–water partition coefficient (Wildman–Crippen LogP) is 0.453. The second kappa shape index (κ2) is 16.3. The highest BCUT2D eigenvalue weighted by atomic mass is 35.5. The summed E-state index contributed by atoms with van der Waals surface area (Å²) >= 11 is 0. The molecule has 0 saturated heterocycles. The zero-order valence-electron chi connectivity index (χ0n) is 4.85. The van der Waals surface area contributed by atoms with Gasteiger partial charge in [-0.25, -0.2) is 0 Å². The smallest absolute Gasteiger partial charge is 0.183 e. The van der Waals surface area contributed by atoms with E-state index in [4.69, 9.17) is 5.41 Å². The maximum atomic E-state index is 6.06. The molecule has 0 aliphatic carbocycles. The van der Waals surface area contributed by atoms with Crippen LogP contribution in [0.25, 0.3) is 0 Å². The third-order valence-corrected chi connectivity index (χ3v) is 0. The van der Waals surface area contributed by atoms with Crippen LogP contribution < -0.4 is 11.5 Å². The average molecular weight is 138 g/mol. The van der Waals surface area contributed by atoms with E-state index in [0.717, 1.165) is 0 Å². The van der Waals surface area contributed by atoms with Crippen LogP contribution >= 0.6 is 12.4 Å². The molecule has 0 radical (unpaired) electrons. The van der Waals surface area contributed by atoms with Gasteiger partial charge < -0.3 is 11.5 Å². The Labute approximate surface area is 55.7 Å². The molecule has 50 valence electrons. The lowest BCUT2D eigenvalue weighted by molar-refractivity contribution is 1.39. The Hall–Kier alpha value is -0.700. The summed E-state index contributed by atoms with van der Waals surface area (Å²) < 4.78 is 0. The van der Waals surface area contributed by atoms with Crippen molar-refractivity contribution < 1.29 is 0 Å². The van der Waals surface area contributed by atoms with Gasteiger partial charge in [-0.3, -0.25) is 5.41 Å². The molecule has 0 aromatic rings. The molecular weight excluding hydrogens is 126 g/mol. The molecule has 0 spiro atoms. The highest BCUT2D eigenvalue weighted by molar-refractivity contribution is 5.85. The van der Waals surface area contributed by atoms with Crippen molar-refractivity contribution in [3.63, 3.8) is 0 Å². The quantitative estimate of drug-likeness (QED) is 0.258. The Morgan fingerprint density at radius 2 is 1.62 bits per heavy atom. The monoisotopic (exact) mass is 137 g/mol. The number of allylic oxidation sites excluding steroid dienone is 1. The molecule has 0 saturated carbocycles. The number of rotatable bonds is 0. The van der Waals surface area contributed by atoms with E-state index in [1.54, 1.807) is 6.08 Å². The first kappa shape index (κ1) is 15.7. The van der Waals surface area contributed by atoms with Crippen molar-refractivity contribution in [3.05, 3.63) is 12.7 Å². The highest BCUT2D eigenvalue weighted by Gasteiger charge is 1.52. The molecule has 0 amide bonds. The van der Waals surface area contributed by atoms with Crippen molar-refractivity contribution in [2.24, 2.45) is 11.5 Å². The molecule has 0 atom stereocenters. The van der Waals surface area contributed by atoms with Gasteiger partial charge >= 0.3 is 0 Å². The lowest BCUT2D eigenvalue weighted by atomic mass is 10.8. The molecule has 8 heavy (non-hydrogen) atoms. The van der Waals surface area contributed by atoms with E-state index < -0.39 is 0 Å². The molecule has 0 fully saturated rings. The van der Waals surface area contributed by atoms with Gasteiger partial charge in [0.1, 0.15) is 0 Å². The van der Waals surface area contributed by atoms with E-state index in [1.807, 2.05) is 6.92 Å². The van der Waals surface area contributed by atoms with E-state index >= 15 is 0 Å². The molecule has 0 aliphatic heterocycles. The normalized spacial score (nSPS) is 4.62. The van der Waals surface area contributed by atoms with Crippen LogP contribution in [0.1, 0.15) is 6.92 Å². The van der Waals surface area contributed by atoms with E-state index in [9.17, 15) is 0 Å². The van der Waals surface area contributed by atoms with Gasteiger partial charge in [-0.2, -0.15) is 0 Å². The summed E-state index contributed by atoms with van der Waals surface area (Å²) in [6.45, 7) is 5.25. The fraction of sp³-hybridized carbons (Fsp3) is 0.250. The van der Waals surface area contributed by atoms with Crippen LogP contribution in [0.15, 0.2) is 12.7 Å². The van der Waals surface area contributed by atoms with Crippen molar-refractivity contribution in [2.45, 2.75) is 6.92 Å². The summed E-state index contributed by atoms with van der Waals surface area (Å²) in [6.07, 6.45) is 1.75. The van der Waals surface area contributed by atoms with Gasteiger partial charge in [-0.05, 0) is 6.92 Å². The summed E-state index contributed by atoms with van der Waals surface area (Å²) in [4.78, 5) is 0. The van der Waals surface area contributed by atoms with E-state index in [0.29, 0.717) is 0 Å². The molecule has 0 bridgehead atoms. The van der Waals surface area contributed by atoms with Crippen molar-refractivity contribution in [1.29, 1.82) is 5.41 Å². The Bertz CT molecular complexity index is 58.3. The standard InChI is InChI=1S/C3H6.CH5N3.ClH/c1-3-2;2-1(3)4;/h3H,1H2,2H3;(H5,2,3,4);1H. The highest BCUT2D eigenvalue weighted by Crippen LogP contribution is 1.38. The van der Waals surface area contributed by atoms with Gasteiger partial charge in [0, 0.05) is 0 Å². The zero-order valence-corrected chi connectivity index (χ0v) is 5.66. The van der Waals surface area contributed by atoms with Crippen LogP contribution in [0.2, 0.25) is 0 Å². The van der Waals surface area contributed by atoms with Crippen LogP contribution in [-0.2, 0) is 0 Å². The molecule has 0 aromatic heterocycles. The van der Waals surface area contributed by atoms with Crippen LogP contribution in [0.4, 0.5) is 0 Å². The van der Waals surface area contributed by atoms with E-state index in [-0.39, 0.29) is 18.4 Å². The van der Waals surface area contributed by atoms with E-state index in [2.05, 4.69) is 18.0 Å². The third kappa shape index (κ3) is 200. The molecule has 4 heteroatoms. The number of halogens is 1. The first-order valence-electron chi connectivity index (χ1n) is 1.81. The Morgan fingerprint density at radius 3 is 1.62 bits per heavy atom. The van der Waals surface area contributed by atoms with Crippen LogP contribution in [0.3, 0.4) is 0 Å². The lowest BCUT2D eigenvalue weighted by Gasteiger charge is -1.69. The first-order chi connectivity index (χ1) is 3.15. The molecule has 3 nitrogen and oxygen atoms in total. The van der Waals surface area contributed by atoms with Crippen LogP contribution in [0, 0.1) is 5.41 Å². The molecule has 0 heterocycles. The Kier molecular flexibility index (Phi) is 31.8. The minimum Gasteiger partial charge on any atom is -0.370 e. The molecule has 5 N–H and O–H groups in total. The van der Waals surface area contributed by atoms with E-state index in [1.165, 1.54) is 0 Å². The molecule has 0 rings (SSSR count). The predicted molar refractivity (Wildman–Crippen MR) is 39.2 cm³/mol. The first-order valence-corrected chi connectivity index (χ1v) is 1.81. The van der Waals surface area contributed by atoms with Gasteiger partial charge in [0.15, 0.2) is 5.96 Å². The van der Waals surface area contributed by atoms with Gasteiger partial charge in [0.2, 0.25) is 0 Å². The topological polar surface area (TPSA) is 75.9 Å². The summed E-state index contributed by atoms with van der Waals surface area (Å²) in [6, 6.07) is 0. The summed E-state index contributed by atoms with van der Waals surface area (Å²) in [7, 11) is 0. The Morgan fingerprint density at radius 1 is 1.62 bits per heavy atom. The number of hydrogen-bond acceptors (Lipinski definition) is 1. The minimum atomic E-state index is -0.333. The van der Waals surface area contributed by atoms with Crippen molar-refractivity contribution in [2.75, 3.05) is 0 Å². The number of hydrogen-bond donors (Lipinski definition) is 3. The number of nitrogens with two attached hydrogens (primary N) is 2. The maximum Gasteiger partial charge on any atom is 0.183 e. The van der Waals surface area contributed by atoms with Gasteiger partial charge in [-0.15, -0.1) is 19.0 Å². The molecule has 0 aliphatic rings. The summed E-state index contributed by atoms with van der Waals surface area (Å²) in [5.41, 5.74) is 8.94. The van der Waals surface area contributed by atoms with Crippen molar-refractivity contribution >= 4 is 18.4 Å². The van der Waals surface area contributed by atoms with Crippen LogP contribution in [0.5, 0.6) is 0 Å². The average Bonchev–Trinajstić information content (AvgIpc) is 1.33. The van der Waals surface area contributed by atoms with Gasteiger partial charge in [0.25, 0.3) is 0 Å². The second-order valence-corrected chi connectivity index (χ2v) is 0.864. The fourth-order valence-corrected chi connectivity index (χ4v) is 0. The second-order valence-electron chi connectivity index (χ2n) is 0.864. The summed E-state index contributed by atoms with van der Waals surface area (Å²) in [5.74, 6) is -0.333. The Balaban J connectivity index is -0.0000000575. The van der Waals surface area contributed by atoms with Crippen molar-refractivity contribution in [3.8, 4) is 0 Å². The fourth-order valence-electron chi connectivity index (χ4n) is 0. The zero-order chi connectivity index (χ0) is 6.28. The SMILES string of the molecule is C=CC.Cl.N=C(N)N. The van der Waals surface area contributed by atoms with Crippen molar-refractivity contribution in [1.82, 2.24) is 0 Å². The molecule has 0 aromatic carbocycles. The molecular formula is C4H12ClN3. The molecule has 0 unspecified atom stereocenters. The minimum absolute atomic E-state index is 0. The number of guanidine groups is 1. The van der Waals surface area contributed by atoms with Gasteiger partial charge in [0.05, 0.1) is 0 Å². The van der Waals surface area contributed by atoms with Crippen LogP contribution in [-0.4, -0.2) is 5.96 Å². The third-order valence-electron chi connectivity index (χ3n) is 0. The number of nitrogens with one attached hydrogen (secondary N) is 1. The largest absolute Gasteiger partial charge is 0.370 e. The summed E-state index contributed by atoms with van der Waals surface area (Å²) in [5, 5.41) is 6.06. The lowest BCUT2D eigenvalue weighted by Crippen LogP contribution is -2.20. The maximum absolute atomic E-state index is 6.06. The van der Waals surface area contributed by atoms with Gasteiger partial charge in [-0.1, -0.05) is 6.08 Å².